The number of anilines is 1. The fraction of sp³-hybridized carbons (Fsp3) is 0. The van der Waals surface area contributed by atoms with Gasteiger partial charge in [0, 0.05) is 5.69 Å². The zero-order valence-corrected chi connectivity index (χ0v) is 10.6. The molecule has 1 rings (SSSR count). The first-order valence-corrected chi connectivity index (χ1v) is 7.62. The van der Waals surface area contributed by atoms with Crippen LogP contribution in [0.4, 0.5) is 5.69 Å². The van der Waals surface area contributed by atoms with Gasteiger partial charge in [0.2, 0.25) is 0 Å². The molecule has 0 amide bonds. The maximum atomic E-state index is 9.58. The van der Waals surface area contributed by atoms with Crippen LogP contribution in [0.3, 0.4) is 0 Å². The third-order valence-corrected chi connectivity index (χ3v) is 3.04. The molecule has 0 spiro atoms. The number of nitrogens with two attached hydrogens (primary N) is 1. The molecule has 11 heteroatoms. The lowest BCUT2D eigenvalue weighted by atomic mass is 10.3. The van der Waals surface area contributed by atoms with E-state index in [1.54, 1.807) is 24.3 Å². The average Bonchev–Trinajstić information content (AvgIpc) is 2.20. The van der Waals surface area contributed by atoms with Crippen LogP contribution in [-0.2, 0) is 23.2 Å². The van der Waals surface area contributed by atoms with Crippen molar-refractivity contribution in [2.24, 2.45) is 0 Å². The molecule has 96 valence electrons. The summed E-state index contributed by atoms with van der Waals surface area (Å²) >= 11 is -0.346. The van der Waals surface area contributed by atoms with Gasteiger partial charge in [-0.05, 0) is 24.3 Å². The van der Waals surface area contributed by atoms with E-state index in [0.717, 1.165) is 0 Å². The molecule has 8 nitrogen and oxygen atoms in total. The number of phenolic OH excluding ortho intramolecular Hbond substituents is 1. The standard InChI is InChI=1S/C6H7NO.HO6PS2/c7-5-1-3-6(8)4-2-5;1-7(2)8-6-9(3,4)5/h1-4,8H,7H2;(H,3,4,5). The third-order valence-electron chi connectivity index (χ3n) is 1.07. The van der Waals surface area contributed by atoms with E-state index in [0.29, 0.717) is 5.69 Å². The van der Waals surface area contributed by atoms with Crippen LogP contribution in [0.2, 0.25) is 0 Å². The van der Waals surface area contributed by atoms with Crippen LogP contribution in [0.5, 0.6) is 5.75 Å². The van der Waals surface area contributed by atoms with E-state index in [2.05, 4.69) is 3.63 Å². The zero-order chi connectivity index (χ0) is 13.5. The first kappa shape index (κ1) is 15.9. The van der Waals surface area contributed by atoms with Gasteiger partial charge in [0.1, 0.15) is 5.75 Å². The summed E-state index contributed by atoms with van der Waals surface area (Å²) in [6.07, 6.45) is 0. The van der Waals surface area contributed by atoms with Gasteiger partial charge in [0.15, 0.2) is 11.7 Å². The van der Waals surface area contributed by atoms with E-state index in [1.807, 2.05) is 0 Å². The number of benzene rings is 1. The molecule has 0 atom stereocenters. The Bertz CT molecular complexity index is 481. The second kappa shape index (κ2) is 7.30. The highest BCUT2D eigenvalue weighted by Crippen LogP contribution is 2.27. The summed E-state index contributed by atoms with van der Waals surface area (Å²) in [5, 5.41) is 8.70. The molecule has 0 unspecified atom stereocenters. The molecule has 0 saturated heterocycles. The molecule has 17 heavy (non-hydrogen) atoms. The summed E-state index contributed by atoms with van der Waals surface area (Å²) in [6, 6.07) is 6.40. The Kier molecular flexibility index (Phi) is 6.85. The number of hydrogen-bond acceptors (Lipinski definition) is 8. The maximum absolute atomic E-state index is 9.58. The molecule has 1 aromatic carbocycles. The SMILES string of the molecule is Nc1ccc(O)cc1.O=P(=O)SOS(=O)(=O)O. The van der Waals surface area contributed by atoms with Crippen molar-refractivity contribution in [2.45, 2.75) is 0 Å². The van der Waals surface area contributed by atoms with Crippen molar-refractivity contribution in [1.29, 1.82) is 0 Å². The highest BCUT2D eigenvalue weighted by Gasteiger charge is 2.06. The predicted molar refractivity (Wildman–Crippen MR) is 61.0 cm³/mol. The van der Waals surface area contributed by atoms with Gasteiger partial charge in [-0.15, -0.1) is 0 Å². The Balaban J connectivity index is 0.000000302. The van der Waals surface area contributed by atoms with Crippen molar-refractivity contribution in [3.8, 4) is 5.75 Å². The Labute approximate surface area is 102 Å². The minimum Gasteiger partial charge on any atom is -0.508 e. The molecule has 4 N–H and O–H groups in total. The molecule has 0 bridgehead atoms. The largest absolute Gasteiger partial charge is 0.508 e. The number of rotatable bonds is 3. The molecule has 0 aliphatic heterocycles. The fourth-order valence-corrected chi connectivity index (χ4v) is 2.18. The normalized spacial score (nSPS) is 10.2. The average molecular weight is 301 g/mol. The highest BCUT2D eigenvalue weighted by molar-refractivity contribution is 8.46. The molecule has 0 aliphatic rings. The number of aromatic hydroxyl groups is 1. The van der Waals surface area contributed by atoms with Crippen molar-refractivity contribution in [1.82, 2.24) is 0 Å². The first-order chi connectivity index (χ1) is 7.70. The fourth-order valence-electron chi connectivity index (χ4n) is 0.538. The Morgan fingerprint density at radius 1 is 1.24 bits per heavy atom. The highest BCUT2D eigenvalue weighted by atomic mass is 32.7. The molecule has 0 aromatic heterocycles. The van der Waals surface area contributed by atoms with Gasteiger partial charge in [-0.25, -0.2) is 9.13 Å². The third kappa shape index (κ3) is 11.2. The van der Waals surface area contributed by atoms with Gasteiger partial charge in [-0.3, -0.25) is 4.55 Å². The van der Waals surface area contributed by atoms with Gasteiger partial charge in [-0.2, -0.15) is 12.0 Å². The summed E-state index contributed by atoms with van der Waals surface area (Å²) in [5.41, 5.74) is 5.98. The van der Waals surface area contributed by atoms with Crippen molar-refractivity contribution in [2.75, 3.05) is 5.73 Å². The Hall–Kier alpha value is -1.06. The van der Waals surface area contributed by atoms with Gasteiger partial charge in [0.25, 0.3) is 0 Å². The van der Waals surface area contributed by atoms with Crippen LogP contribution in [0.25, 0.3) is 0 Å². The summed E-state index contributed by atoms with van der Waals surface area (Å²) in [5.74, 6) is 0.249. The van der Waals surface area contributed by atoms with E-state index in [4.69, 9.17) is 15.4 Å². The van der Waals surface area contributed by atoms with Crippen LogP contribution in [-0.4, -0.2) is 18.1 Å². The lowest BCUT2D eigenvalue weighted by molar-refractivity contribution is 0.408. The van der Waals surface area contributed by atoms with Crippen molar-refractivity contribution < 1.29 is 30.8 Å². The van der Waals surface area contributed by atoms with E-state index >= 15 is 0 Å². The lowest BCUT2D eigenvalue weighted by Crippen LogP contribution is -1.94. The lowest BCUT2D eigenvalue weighted by Gasteiger charge is -1.89. The summed E-state index contributed by atoms with van der Waals surface area (Å²) in [4.78, 5) is 0. The molecule has 1 aromatic rings. The smallest absolute Gasteiger partial charge is 0.409 e. The molecule has 0 heterocycles. The quantitative estimate of drug-likeness (QED) is 0.249. The molecular formula is C6H8NO7PS2. The molecule has 0 fully saturated rings. The Morgan fingerprint density at radius 3 is 1.94 bits per heavy atom. The van der Waals surface area contributed by atoms with Crippen LogP contribution < -0.4 is 5.73 Å². The maximum Gasteiger partial charge on any atom is 0.409 e. The number of hydrogen-bond donors (Lipinski definition) is 3. The van der Waals surface area contributed by atoms with Crippen LogP contribution in [0.15, 0.2) is 24.3 Å². The first-order valence-electron chi connectivity index (χ1n) is 3.73. The van der Waals surface area contributed by atoms with Gasteiger partial charge < -0.3 is 10.8 Å². The number of phenols is 1. The van der Waals surface area contributed by atoms with Crippen molar-refractivity contribution >= 4 is 34.6 Å². The topological polar surface area (TPSA) is 144 Å². The summed E-state index contributed by atoms with van der Waals surface area (Å²) in [6.45, 7) is -3.01. The molecule has 0 saturated carbocycles. The second-order valence-corrected chi connectivity index (χ2v) is 5.72. The summed E-state index contributed by atoms with van der Waals surface area (Å²) < 4.78 is 49.3. The zero-order valence-electron chi connectivity index (χ0n) is 8.09. The van der Waals surface area contributed by atoms with E-state index in [9.17, 15) is 17.5 Å². The van der Waals surface area contributed by atoms with Crippen molar-refractivity contribution in [3.05, 3.63) is 24.3 Å². The van der Waals surface area contributed by atoms with E-state index in [1.165, 1.54) is 0 Å². The predicted octanol–water partition coefficient (Wildman–Crippen LogP) is 1.52. The van der Waals surface area contributed by atoms with Crippen LogP contribution >= 0.6 is 18.5 Å². The minimum absolute atomic E-state index is 0.249. The van der Waals surface area contributed by atoms with Crippen molar-refractivity contribution in [3.63, 3.8) is 0 Å². The number of nitrogen functional groups attached to an aromatic ring is 1. The van der Waals surface area contributed by atoms with Gasteiger partial charge in [-0.1, -0.05) is 0 Å². The van der Waals surface area contributed by atoms with E-state index < -0.39 is 17.3 Å². The van der Waals surface area contributed by atoms with Crippen LogP contribution in [0, 0.1) is 0 Å². The Morgan fingerprint density at radius 2 is 1.71 bits per heavy atom. The molecule has 0 aliphatic carbocycles. The minimum atomic E-state index is -4.64. The van der Waals surface area contributed by atoms with Gasteiger partial charge >= 0.3 is 17.3 Å². The van der Waals surface area contributed by atoms with E-state index in [-0.39, 0.29) is 17.4 Å². The van der Waals surface area contributed by atoms with Crippen LogP contribution in [0.1, 0.15) is 0 Å². The summed E-state index contributed by atoms with van der Waals surface area (Å²) in [7, 11) is -4.64. The molecule has 0 radical (unpaired) electrons. The monoisotopic (exact) mass is 301 g/mol. The van der Waals surface area contributed by atoms with Gasteiger partial charge in [0.05, 0.1) is 0 Å². The second-order valence-electron chi connectivity index (χ2n) is 2.39. The molecular weight excluding hydrogens is 293 g/mol.